The van der Waals surface area contributed by atoms with Crippen LogP contribution in [0.25, 0.3) is 16.9 Å². The number of nitrogens with zero attached hydrogens (tertiary/aromatic N) is 8. The molecule has 0 spiro atoms. The molecule has 1 aromatic carbocycles. The highest BCUT2D eigenvalue weighted by molar-refractivity contribution is 7.92. The SMILES string of the molecule is COc1ncc(-c2ccc3ncc(C(=O)NCc4cn(CCCN5CCOCC5)nn4)n3n2)cc1NS(=O)(=O)c1ccc(F)cc1F. The first-order valence-electron chi connectivity index (χ1n) is 14.5. The molecule has 15 nitrogen and oxygen atoms in total. The Balaban J connectivity index is 1.15. The van der Waals surface area contributed by atoms with Crippen molar-refractivity contribution >= 4 is 27.3 Å². The Morgan fingerprint density at radius 2 is 1.89 bits per heavy atom. The number of carbonyl (C=O) groups is 1. The topological polar surface area (TPSA) is 171 Å². The molecule has 5 heterocycles. The molecule has 1 amide bonds. The monoisotopic (exact) mass is 668 g/mol. The predicted octanol–water partition coefficient (Wildman–Crippen LogP) is 2.12. The van der Waals surface area contributed by atoms with E-state index in [-0.39, 0.29) is 23.8 Å². The molecule has 0 bridgehead atoms. The van der Waals surface area contributed by atoms with E-state index in [4.69, 9.17) is 9.47 Å². The largest absolute Gasteiger partial charge is 0.480 e. The molecule has 246 valence electrons. The molecule has 6 rings (SSSR count). The van der Waals surface area contributed by atoms with E-state index in [1.807, 2.05) is 0 Å². The van der Waals surface area contributed by atoms with Gasteiger partial charge in [0.2, 0.25) is 5.88 Å². The standard InChI is InChI=1S/C29H30F2N10O5S/c1-45-29-24(37-47(43,44)26-5-3-20(30)14-22(26)31)13-19(15-34-29)23-4-6-27-32-17-25(41(27)36-23)28(42)33-16-21-18-40(38-35-21)8-2-7-39-9-11-46-12-10-39/h3-6,13-15,17-18,37H,2,7-12,16H2,1H3,(H,33,42). The van der Waals surface area contributed by atoms with Crippen LogP contribution in [0, 0.1) is 11.6 Å². The van der Waals surface area contributed by atoms with Gasteiger partial charge in [-0.15, -0.1) is 5.10 Å². The van der Waals surface area contributed by atoms with E-state index in [1.54, 1.807) is 23.0 Å². The fourth-order valence-corrected chi connectivity index (χ4v) is 6.08. The highest BCUT2D eigenvalue weighted by atomic mass is 32.2. The number of aromatic nitrogens is 7. The molecule has 4 aromatic heterocycles. The van der Waals surface area contributed by atoms with Gasteiger partial charge in [0.1, 0.15) is 33.6 Å². The molecule has 5 aromatic rings. The van der Waals surface area contributed by atoms with Crippen molar-refractivity contribution in [3.63, 3.8) is 0 Å². The summed E-state index contributed by atoms with van der Waals surface area (Å²) in [7, 11) is -3.21. The van der Waals surface area contributed by atoms with Crippen LogP contribution in [-0.2, 0) is 27.8 Å². The number of morpholine rings is 1. The summed E-state index contributed by atoms with van der Waals surface area (Å²) in [6.45, 7) is 5.13. The lowest BCUT2D eigenvalue weighted by molar-refractivity contribution is 0.0368. The number of imidazole rings is 1. The zero-order valence-corrected chi connectivity index (χ0v) is 26.0. The Hall–Kier alpha value is -5.07. The van der Waals surface area contributed by atoms with Crippen molar-refractivity contribution in [3.05, 3.63) is 78.0 Å². The first-order valence-corrected chi connectivity index (χ1v) is 16.0. The summed E-state index contributed by atoms with van der Waals surface area (Å²) in [6, 6.07) is 6.75. The second-order valence-corrected chi connectivity index (χ2v) is 12.2. The Kier molecular flexibility index (Phi) is 9.32. The van der Waals surface area contributed by atoms with Crippen molar-refractivity contribution in [1.82, 2.24) is 44.8 Å². The predicted molar refractivity (Wildman–Crippen MR) is 163 cm³/mol. The number of methoxy groups -OCH3 is 1. The van der Waals surface area contributed by atoms with Crippen LogP contribution < -0.4 is 14.8 Å². The van der Waals surface area contributed by atoms with Crippen LogP contribution in [0.15, 0.2) is 59.9 Å². The smallest absolute Gasteiger partial charge is 0.271 e. The van der Waals surface area contributed by atoms with Crippen LogP contribution in [0.2, 0.25) is 0 Å². The summed E-state index contributed by atoms with van der Waals surface area (Å²) in [5, 5.41) is 15.6. The molecule has 0 atom stereocenters. The minimum atomic E-state index is -4.49. The van der Waals surface area contributed by atoms with Crippen molar-refractivity contribution in [2.75, 3.05) is 44.7 Å². The first-order chi connectivity index (χ1) is 22.7. The van der Waals surface area contributed by atoms with Gasteiger partial charge in [0, 0.05) is 44.0 Å². The molecular weight excluding hydrogens is 638 g/mol. The van der Waals surface area contributed by atoms with Crippen molar-refractivity contribution in [1.29, 1.82) is 0 Å². The highest BCUT2D eigenvalue weighted by Crippen LogP contribution is 2.30. The fraction of sp³-hybridized carbons (Fsp3) is 0.310. The van der Waals surface area contributed by atoms with E-state index >= 15 is 0 Å². The van der Waals surface area contributed by atoms with Crippen LogP contribution in [0.5, 0.6) is 5.88 Å². The van der Waals surface area contributed by atoms with Gasteiger partial charge in [-0.3, -0.25) is 19.1 Å². The molecule has 0 radical (unpaired) electrons. The molecule has 0 aliphatic carbocycles. The normalized spacial score (nSPS) is 13.9. The van der Waals surface area contributed by atoms with E-state index in [0.29, 0.717) is 35.2 Å². The number of pyridine rings is 1. The number of rotatable bonds is 12. The molecule has 47 heavy (non-hydrogen) atoms. The van der Waals surface area contributed by atoms with Crippen molar-refractivity contribution in [2.24, 2.45) is 0 Å². The molecule has 1 saturated heterocycles. The van der Waals surface area contributed by atoms with Crippen molar-refractivity contribution in [2.45, 2.75) is 24.4 Å². The zero-order valence-electron chi connectivity index (χ0n) is 25.1. The van der Waals surface area contributed by atoms with E-state index in [2.05, 4.69) is 40.3 Å². The van der Waals surface area contributed by atoms with Crippen molar-refractivity contribution in [3.8, 4) is 17.1 Å². The van der Waals surface area contributed by atoms with Gasteiger partial charge in [-0.05, 0) is 36.8 Å². The highest BCUT2D eigenvalue weighted by Gasteiger charge is 2.23. The lowest BCUT2D eigenvalue weighted by atomic mass is 10.2. The van der Waals surface area contributed by atoms with Crippen LogP contribution in [0.4, 0.5) is 14.5 Å². The summed E-state index contributed by atoms with van der Waals surface area (Å²) in [5.74, 6) is -2.73. The van der Waals surface area contributed by atoms with Gasteiger partial charge < -0.3 is 14.8 Å². The quantitative estimate of drug-likeness (QED) is 0.200. The number of ether oxygens (including phenoxy) is 2. The van der Waals surface area contributed by atoms with Crippen LogP contribution in [-0.4, -0.2) is 93.8 Å². The Morgan fingerprint density at radius 3 is 2.68 bits per heavy atom. The first kappa shape index (κ1) is 31.9. The van der Waals surface area contributed by atoms with E-state index in [9.17, 15) is 22.0 Å². The van der Waals surface area contributed by atoms with Crippen LogP contribution in [0.3, 0.4) is 0 Å². The maximum atomic E-state index is 14.3. The lowest BCUT2D eigenvalue weighted by Crippen LogP contribution is -2.37. The number of aryl methyl sites for hydroxylation is 1. The average molecular weight is 669 g/mol. The molecule has 2 N–H and O–H groups in total. The molecule has 18 heteroatoms. The van der Waals surface area contributed by atoms with E-state index in [0.717, 1.165) is 51.4 Å². The number of hydrogen-bond acceptors (Lipinski definition) is 11. The third kappa shape index (κ3) is 7.34. The maximum Gasteiger partial charge on any atom is 0.271 e. The molecule has 1 aliphatic rings. The molecule has 0 saturated carbocycles. The second kappa shape index (κ2) is 13.7. The second-order valence-electron chi connectivity index (χ2n) is 10.6. The van der Waals surface area contributed by atoms with Gasteiger partial charge in [0.05, 0.1) is 45.0 Å². The minimum absolute atomic E-state index is 0.0994. The van der Waals surface area contributed by atoms with Crippen LogP contribution >= 0.6 is 0 Å². The Labute approximate surface area is 267 Å². The number of nitrogens with one attached hydrogen (secondary N) is 2. The summed E-state index contributed by atoms with van der Waals surface area (Å²) in [4.78, 5) is 23.1. The number of hydrogen-bond donors (Lipinski definition) is 2. The fourth-order valence-electron chi connectivity index (χ4n) is 4.97. The van der Waals surface area contributed by atoms with Gasteiger partial charge in [-0.2, -0.15) is 5.10 Å². The zero-order chi connectivity index (χ0) is 33.0. The van der Waals surface area contributed by atoms with Crippen molar-refractivity contribution < 1.29 is 31.5 Å². The van der Waals surface area contributed by atoms with Gasteiger partial charge >= 0.3 is 0 Å². The lowest BCUT2D eigenvalue weighted by Gasteiger charge is -2.26. The van der Waals surface area contributed by atoms with Gasteiger partial charge in [-0.1, -0.05) is 5.21 Å². The summed E-state index contributed by atoms with van der Waals surface area (Å²) in [6.07, 6.45) is 5.48. The number of carbonyl (C=O) groups excluding carboxylic acids is 1. The minimum Gasteiger partial charge on any atom is -0.480 e. The van der Waals surface area contributed by atoms with Gasteiger partial charge in [-0.25, -0.2) is 31.7 Å². The number of fused-ring (bicyclic) bond motifs is 1. The summed E-state index contributed by atoms with van der Waals surface area (Å²) >= 11 is 0. The van der Waals surface area contributed by atoms with E-state index < -0.39 is 32.5 Å². The molecule has 1 aliphatic heterocycles. The molecule has 0 unspecified atom stereocenters. The van der Waals surface area contributed by atoms with E-state index in [1.165, 1.54) is 30.1 Å². The van der Waals surface area contributed by atoms with Gasteiger partial charge in [0.25, 0.3) is 15.9 Å². The molecule has 1 fully saturated rings. The number of amides is 1. The molecular formula is C29H30F2N10O5S. The maximum absolute atomic E-state index is 14.3. The summed E-state index contributed by atoms with van der Waals surface area (Å²) < 4.78 is 69.4. The number of anilines is 1. The average Bonchev–Trinajstić information content (AvgIpc) is 3.70. The van der Waals surface area contributed by atoms with Gasteiger partial charge in [0.15, 0.2) is 5.65 Å². The summed E-state index contributed by atoms with van der Waals surface area (Å²) in [5.41, 5.74) is 1.66. The Bertz CT molecular complexity index is 2010. The third-order valence-corrected chi connectivity index (χ3v) is 8.74. The number of sulfonamides is 1. The number of halogens is 2. The number of benzene rings is 1. The van der Waals surface area contributed by atoms with Crippen LogP contribution in [0.1, 0.15) is 22.6 Å². The Morgan fingerprint density at radius 1 is 1.06 bits per heavy atom. The third-order valence-electron chi connectivity index (χ3n) is 7.34.